The van der Waals surface area contributed by atoms with Crippen LogP contribution in [0.3, 0.4) is 0 Å². The minimum Gasteiger partial charge on any atom is -0.490 e. The number of nitrogens with one attached hydrogen (secondary N) is 1. The third kappa shape index (κ3) is 5.19. The summed E-state index contributed by atoms with van der Waals surface area (Å²) in [6, 6.07) is 8.80. The molecule has 1 saturated heterocycles. The minimum atomic E-state index is -0.532. The van der Waals surface area contributed by atoms with Gasteiger partial charge >= 0.3 is 0 Å². The van der Waals surface area contributed by atoms with Gasteiger partial charge in [0.25, 0.3) is 0 Å². The molecule has 1 aliphatic heterocycles. The van der Waals surface area contributed by atoms with E-state index in [0.717, 1.165) is 19.2 Å². The van der Waals surface area contributed by atoms with Crippen LogP contribution in [-0.4, -0.2) is 44.4 Å². The fraction of sp³-hybridized carbons (Fsp3) is 0.353. The van der Waals surface area contributed by atoms with Crippen LogP contribution in [0.15, 0.2) is 29.5 Å². The average Bonchev–Trinajstić information content (AvgIpc) is 2.64. The fourth-order valence-corrected chi connectivity index (χ4v) is 2.25. The van der Waals surface area contributed by atoms with Gasteiger partial charge < -0.3 is 14.8 Å². The van der Waals surface area contributed by atoms with E-state index in [0.29, 0.717) is 32.1 Å². The van der Waals surface area contributed by atoms with Crippen LogP contribution in [0.4, 0.5) is 10.1 Å². The maximum atomic E-state index is 13.5. The lowest BCUT2D eigenvalue weighted by molar-refractivity contribution is 0.0323. The molecule has 0 aliphatic carbocycles. The molecule has 2 rings (SSSR count). The zero-order valence-electron chi connectivity index (χ0n) is 13.5. The van der Waals surface area contributed by atoms with Crippen LogP contribution in [0.25, 0.3) is 0 Å². The molecule has 1 N–H and O–H groups in total. The molecule has 1 aliphatic rings. The SMILES string of the molecule is N#CC(C#N)=C(C#N)Nc1cc(F)ccc1OCCN1CCOCC1. The maximum absolute atomic E-state index is 13.5. The number of anilines is 1. The van der Waals surface area contributed by atoms with Crippen LogP contribution in [0.1, 0.15) is 0 Å². The van der Waals surface area contributed by atoms with Crippen molar-refractivity contribution in [3.05, 3.63) is 35.3 Å². The van der Waals surface area contributed by atoms with Gasteiger partial charge in [0.2, 0.25) is 0 Å². The Kier molecular flexibility index (Phi) is 6.74. The van der Waals surface area contributed by atoms with Crippen LogP contribution >= 0.6 is 0 Å². The molecule has 1 fully saturated rings. The summed E-state index contributed by atoms with van der Waals surface area (Å²) in [7, 11) is 0. The Bertz CT molecular complexity index is 751. The highest BCUT2D eigenvalue weighted by atomic mass is 19.1. The zero-order valence-corrected chi connectivity index (χ0v) is 13.5. The normalized spacial score (nSPS) is 13.8. The molecule has 1 heterocycles. The molecule has 0 spiro atoms. The number of nitriles is 3. The number of morpholine rings is 1. The molecule has 1 aromatic carbocycles. The third-order valence-electron chi connectivity index (χ3n) is 3.56. The second kappa shape index (κ2) is 9.24. The Morgan fingerprint density at radius 2 is 1.92 bits per heavy atom. The average molecular weight is 341 g/mol. The van der Waals surface area contributed by atoms with E-state index in [1.54, 1.807) is 18.2 Å². The van der Waals surface area contributed by atoms with Gasteiger partial charge in [0.15, 0.2) is 5.57 Å². The summed E-state index contributed by atoms with van der Waals surface area (Å²) in [6.07, 6.45) is 0. The fourth-order valence-electron chi connectivity index (χ4n) is 2.25. The van der Waals surface area contributed by atoms with Gasteiger partial charge in [-0.1, -0.05) is 0 Å². The van der Waals surface area contributed by atoms with E-state index >= 15 is 0 Å². The summed E-state index contributed by atoms with van der Waals surface area (Å²) in [5.74, 6) is -0.201. The lowest BCUT2D eigenvalue weighted by Crippen LogP contribution is -2.38. The summed E-state index contributed by atoms with van der Waals surface area (Å²) in [5.41, 5.74) is -0.457. The second-order valence-electron chi connectivity index (χ2n) is 5.15. The van der Waals surface area contributed by atoms with Crippen LogP contribution in [-0.2, 0) is 4.74 Å². The van der Waals surface area contributed by atoms with Crippen molar-refractivity contribution in [1.29, 1.82) is 15.8 Å². The molecule has 1 aromatic rings. The Morgan fingerprint density at radius 3 is 2.56 bits per heavy atom. The number of rotatable bonds is 6. The van der Waals surface area contributed by atoms with Crippen molar-refractivity contribution in [2.24, 2.45) is 0 Å². The highest BCUT2D eigenvalue weighted by Gasteiger charge is 2.13. The molecule has 128 valence electrons. The van der Waals surface area contributed by atoms with Crippen molar-refractivity contribution >= 4 is 5.69 Å². The van der Waals surface area contributed by atoms with Gasteiger partial charge in [-0.05, 0) is 12.1 Å². The Morgan fingerprint density at radius 1 is 1.20 bits per heavy atom. The Hall–Kier alpha value is -3.12. The number of nitrogens with zero attached hydrogens (tertiary/aromatic N) is 4. The van der Waals surface area contributed by atoms with Gasteiger partial charge in [0, 0.05) is 25.7 Å². The van der Waals surface area contributed by atoms with Gasteiger partial charge in [0.1, 0.15) is 42.1 Å². The third-order valence-corrected chi connectivity index (χ3v) is 3.56. The van der Waals surface area contributed by atoms with Gasteiger partial charge in [-0.3, -0.25) is 4.90 Å². The molecular weight excluding hydrogens is 325 g/mol. The second-order valence-corrected chi connectivity index (χ2v) is 5.15. The van der Waals surface area contributed by atoms with Crippen molar-refractivity contribution in [2.75, 3.05) is 44.8 Å². The lowest BCUT2D eigenvalue weighted by Gasteiger charge is -2.26. The van der Waals surface area contributed by atoms with Gasteiger partial charge in [-0.15, -0.1) is 0 Å². The number of halogens is 1. The molecule has 0 aromatic heterocycles. The first-order valence-electron chi connectivity index (χ1n) is 7.62. The van der Waals surface area contributed by atoms with Crippen molar-refractivity contribution in [3.8, 4) is 24.0 Å². The summed E-state index contributed by atoms with van der Waals surface area (Å²) in [4.78, 5) is 2.18. The van der Waals surface area contributed by atoms with E-state index in [-0.39, 0.29) is 17.0 Å². The van der Waals surface area contributed by atoms with Crippen molar-refractivity contribution < 1.29 is 13.9 Å². The van der Waals surface area contributed by atoms with E-state index in [4.69, 9.17) is 25.3 Å². The van der Waals surface area contributed by atoms with Gasteiger partial charge in [-0.25, -0.2) is 4.39 Å². The number of benzene rings is 1. The van der Waals surface area contributed by atoms with Crippen molar-refractivity contribution in [2.45, 2.75) is 0 Å². The number of allylic oxidation sites excluding steroid dienone is 2. The molecular formula is C17H16FN5O2. The quantitative estimate of drug-likeness (QED) is 0.786. The summed E-state index contributed by atoms with van der Waals surface area (Å²) < 4.78 is 24.5. The summed E-state index contributed by atoms with van der Waals surface area (Å²) in [6.45, 7) is 4.08. The molecule has 7 nitrogen and oxygen atoms in total. The first kappa shape index (κ1) is 18.2. The van der Waals surface area contributed by atoms with E-state index < -0.39 is 5.82 Å². The van der Waals surface area contributed by atoms with E-state index in [1.807, 2.05) is 0 Å². The molecule has 25 heavy (non-hydrogen) atoms. The topological polar surface area (TPSA) is 105 Å². The highest BCUT2D eigenvalue weighted by molar-refractivity contribution is 5.64. The predicted molar refractivity (Wildman–Crippen MR) is 86.6 cm³/mol. The Balaban J connectivity index is 2.09. The molecule has 0 amide bonds. The number of hydrogen-bond donors (Lipinski definition) is 1. The van der Waals surface area contributed by atoms with Gasteiger partial charge in [0.05, 0.1) is 18.9 Å². The standard InChI is InChI=1S/C17H16FN5O2/c18-14-1-2-17(25-8-5-23-3-6-24-7-4-23)15(9-14)22-16(12-21)13(10-19)11-20/h1-2,9,22H,3-8H2. The van der Waals surface area contributed by atoms with Crippen LogP contribution in [0.2, 0.25) is 0 Å². The molecule has 8 heteroatoms. The van der Waals surface area contributed by atoms with Crippen LogP contribution in [0.5, 0.6) is 5.75 Å². The molecule has 0 bridgehead atoms. The summed E-state index contributed by atoms with van der Waals surface area (Å²) in [5, 5.41) is 29.4. The monoisotopic (exact) mass is 341 g/mol. The first-order chi connectivity index (χ1) is 12.2. The first-order valence-corrected chi connectivity index (χ1v) is 7.62. The predicted octanol–water partition coefficient (Wildman–Crippen LogP) is 1.77. The molecule has 0 saturated carbocycles. The molecule has 0 radical (unpaired) electrons. The van der Waals surface area contributed by atoms with E-state index in [2.05, 4.69) is 10.2 Å². The van der Waals surface area contributed by atoms with Crippen LogP contribution in [0, 0.1) is 39.8 Å². The largest absolute Gasteiger partial charge is 0.490 e. The zero-order chi connectivity index (χ0) is 18.1. The number of hydrogen-bond acceptors (Lipinski definition) is 7. The smallest absolute Gasteiger partial charge is 0.163 e. The summed E-state index contributed by atoms with van der Waals surface area (Å²) >= 11 is 0. The molecule has 0 atom stereocenters. The minimum absolute atomic E-state index is 0.182. The highest BCUT2D eigenvalue weighted by Crippen LogP contribution is 2.27. The lowest BCUT2D eigenvalue weighted by atomic mass is 10.2. The molecule has 0 unspecified atom stereocenters. The van der Waals surface area contributed by atoms with Crippen molar-refractivity contribution in [1.82, 2.24) is 4.90 Å². The maximum Gasteiger partial charge on any atom is 0.163 e. The van der Waals surface area contributed by atoms with Crippen molar-refractivity contribution in [3.63, 3.8) is 0 Å². The van der Waals surface area contributed by atoms with Crippen LogP contribution < -0.4 is 10.1 Å². The van der Waals surface area contributed by atoms with Gasteiger partial charge in [-0.2, -0.15) is 15.8 Å². The Labute approximate surface area is 145 Å². The van der Waals surface area contributed by atoms with E-state index in [1.165, 1.54) is 12.1 Å². The number of ether oxygens (including phenoxy) is 2. The van der Waals surface area contributed by atoms with E-state index in [9.17, 15) is 4.39 Å².